The molecule has 1 aromatic heterocycles. The molecule has 3 atom stereocenters. The fourth-order valence-corrected chi connectivity index (χ4v) is 8.28. The van der Waals surface area contributed by atoms with Crippen molar-refractivity contribution in [2.24, 2.45) is 11.8 Å². The van der Waals surface area contributed by atoms with Gasteiger partial charge < -0.3 is 25.0 Å². The average molecular weight is 700 g/mol. The van der Waals surface area contributed by atoms with Gasteiger partial charge in [0.05, 0.1) is 41.4 Å². The molecule has 262 valence electrons. The van der Waals surface area contributed by atoms with E-state index in [2.05, 4.69) is 10.3 Å². The molecule has 3 amide bonds. The Morgan fingerprint density at radius 1 is 1.06 bits per heavy atom. The Kier molecular flexibility index (Phi) is 13.0. The summed E-state index contributed by atoms with van der Waals surface area (Å²) in [6, 6.07) is 13.7. The molecule has 13 heteroatoms. The number of amides is 3. The molecule has 4 rings (SSSR count). The summed E-state index contributed by atoms with van der Waals surface area (Å²) in [5.74, 6) is -0.111. The molecule has 1 aliphatic rings. The summed E-state index contributed by atoms with van der Waals surface area (Å²) in [5, 5.41) is 17.7. The SMILES string of the molecule is CCc1nc(CN2CCN([C@H](C(=O)N[C@@H](Cc3ccccc3)[C@H](O)CN(CC(C)C)S(=O)(=O)c3ccc(OC)cc3)C(C)C)C2=O)cs1. The third kappa shape index (κ3) is 9.34. The molecule has 0 saturated carbocycles. The highest BCUT2D eigenvalue weighted by molar-refractivity contribution is 7.89. The highest BCUT2D eigenvalue weighted by Crippen LogP contribution is 2.24. The Balaban J connectivity index is 1.56. The Bertz CT molecular complexity index is 1600. The van der Waals surface area contributed by atoms with Crippen LogP contribution in [-0.4, -0.2) is 96.0 Å². The maximum Gasteiger partial charge on any atom is 0.321 e. The first-order valence-corrected chi connectivity index (χ1v) is 18.8. The highest BCUT2D eigenvalue weighted by atomic mass is 32.2. The molecule has 0 radical (unpaired) electrons. The number of aliphatic hydroxyl groups is 1. The van der Waals surface area contributed by atoms with E-state index >= 15 is 0 Å². The molecular formula is C35H49N5O6S2. The number of methoxy groups -OCH3 is 1. The van der Waals surface area contributed by atoms with Crippen molar-refractivity contribution < 1.29 is 27.9 Å². The topological polar surface area (TPSA) is 132 Å². The number of hydrogen-bond donors (Lipinski definition) is 2. The second-order valence-corrected chi connectivity index (χ2v) is 15.8. The molecule has 3 aromatic rings. The molecule has 2 aromatic carbocycles. The van der Waals surface area contributed by atoms with E-state index in [-0.39, 0.29) is 42.3 Å². The van der Waals surface area contributed by atoms with Crippen LogP contribution in [0.1, 0.15) is 50.9 Å². The highest BCUT2D eigenvalue weighted by Gasteiger charge is 2.40. The van der Waals surface area contributed by atoms with Crippen LogP contribution in [0.15, 0.2) is 64.9 Å². The van der Waals surface area contributed by atoms with Gasteiger partial charge in [0, 0.05) is 31.6 Å². The Hall–Kier alpha value is -3.52. The minimum absolute atomic E-state index is 0.0281. The van der Waals surface area contributed by atoms with Crippen LogP contribution in [-0.2, 0) is 34.2 Å². The van der Waals surface area contributed by atoms with Gasteiger partial charge >= 0.3 is 6.03 Å². The second kappa shape index (κ2) is 16.7. The first-order chi connectivity index (χ1) is 22.8. The van der Waals surface area contributed by atoms with Gasteiger partial charge in [-0.3, -0.25) is 4.79 Å². The number of nitrogens with zero attached hydrogens (tertiary/aromatic N) is 4. The third-order valence-corrected chi connectivity index (χ3v) is 11.3. The second-order valence-electron chi connectivity index (χ2n) is 12.9. The zero-order valence-electron chi connectivity index (χ0n) is 28.7. The first-order valence-electron chi connectivity index (χ1n) is 16.5. The van der Waals surface area contributed by atoms with Gasteiger partial charge in [0.1, 0.15) is 11.8 Å². The number of aryl methyl sites for hydroxylation is 1. The van der Waals surface area contributed by atoms with Gasteiger partial charge in [-0.2, -0.15) is 4.31 Å². The number of urea groups is 1. The van der Waals surface area contributed by atoms with Crippen molar-refractivity contribution in [1.29, 1.82) is 0 Å². The smallest absolute Gasteiger partial charge is 0.321 e. The monoisotopic (exact) mass is 699 g/mol. The van der Waals surface area contributed by atoms with Crippen LogP contribution >= 0.6 is 11.3 Å². The van der Waals surface area contributed by atoms with Crippen molar-refractivity contribution in [3.63, 3.8) is 0 Å². The zero-order chi connectivity index (χ0) is 35.0. The normalized spacial score (nSPS) is 15.8. The number of nitrogens with one attached hydrogen (secondary N) is 1. The van der Waals surface area contributed by atoms with Gasteiger partial charge in [-0.05, 0) is 54.5 Å². The molecule has 0 bridgehead atoms. The molecule has 0 unspecified atom stereocenters. The first kappa shape index (κ1) is 37.3. The lowest BCUT2D eigenvalue weighted by Crippen LogP contribution is -2.57. The quantitative estimate of drug-likeness (QED) is 0.213. The lowest BCUT2D eigenvalue weighted by atomic mass is 9.97. The van der Waals surface area contributed by atoms with E-state index in [1.54, 1.807) is 33.3 Å². The minimum Gasteiger partial charge on any atom is -0.497 e. The van der Waals surface area contributed by atoms with E-state index in [1.165, 1.54) is 23.5 Å². The van der Waals surface area contributed by atoms with Gasteiger partial charge in [0.25, 0.3) is 0 Å². The number of ether oxygens (including phenoxy) is 1. The van der Waals surface area contributed by atoms with E-state index < -0.39 is 34.1 Å². The molecule has 0 aliphatic carbocycles. The number of thiazole rings is 1. The summed E-state index contributed by atoms with van der Waals surface area (Å²) in [5.41, 5.74) is 1.70. The summed E-state index contributed by atoms with van der Waals surface area (Å²) in [4.78, 5) is 35.7. The van der Waals surface area contributed by atoms with Crippen LogP contribution in [0, 0.1) is 11.8 Å². The Morgan fingerprint density at radius 3 is 2.33 bits per heavy atom. The zero-order valence-corrected chi connectivity index (χ0v) is 30.3. The van der Waals surface area contributed by atoms with Gasteiger partial charge in [0.15, 0.2) is 0 Å². The molecule has 11 nitrogen and oxygen atoms in total. The van der Waals surface area contributed by atoms with Gasteiger partial charge in [-0.15, -0.1) is 11.3 Å². The van der Waals surface area contributed by atoms with Crippen LogP contribution in [0.3, 0.4) is 0 Å². The number of carbonyl (C=O) groups is 2. The molecule has 0 spiro atoms. The minimum atomic E-state index is -3.99. The van der Waals surface area contributed by atoms with Crippen LogP contribution in [0.25, 0.3) is 0 Å². The van der Waals surface area contributed by atoms with Crippen LogP contribution in [0.4, 0.5) is 4.79 Å². The number of aromatic nitrogens is 1. The average Bonchev–Trinajstić information content (AvgIpc) is 3.66. The van der Waals surface area contributed by atoms with Crippen molar-refractivity contribution in [3.8, 4) is 5.75 Å². The molecular weight excluding hydrogens is 651 g/mol. The van der Waals surface area contributed by atoms with E-state index in [4.69, 9.17) is 4.74 Å². The molecule has 2 heterocycles. The summed E-state index contributed by atoms with van der Waals surface area (Å²) < 4.78 is 34.1. The Labute approximate surface area is 289 Å². The molecule has 2 N–H and O–H groups in total. The fourth-order valence-electron chi connectivity index (χ4n) is 5.92. The van der Waals surface area contributed by atoms with Crippen molar-refractivity contribution in [1.82, 2.24) is 24.4 Å². The molecule has 1 aliphatic heterocycles. The molecule has 1 fully saturated rings. The molecule has 1 saturated heterocycles. The van der Waals surface area contributed by atoms with Crippen molar-refractivity contribution >= 4 is 33.3 Å². The number of carbonyl (C=O) groups excluding carboxylic acids is 2. The van der Waals surface area contributed by atoms with E-state index in [1.807, 2.05) is 70.3 Å². The van der Waals surface area contributed by atoms with Crippen molar-refractivity contribution in [3.05, 3.63) is 76.2 Å². The lowest BCUT2D eigenvalue weighted by molar-refractivity contribution is -0.128. The number of sulfonamides is 1. The molecule has 48 heavy (non-hydrogen) atoms. The van der Waals surface area contributed by atoms with E-state index in [0.29, 0.717) is 25.4 Å². The summed E-state index contributed by atoms with van der Waals surface area (Å²) in [7, 11) is -2.48. The predicted molar refractivity (Wildman–Crippen MR) is 187 cm³/mol. The third-order valence-electron chi connectivity index (χ3n) is 8.36. The van der Waals surface area contributed by atoms with E-state index in [0.717, 1.165) is 22.7 Å². The predicted octanol–water partition coefficient (Wildman–Crippen LogP) is 4.41. The Morgan fingerprint density at radius 2 is 1.75 bits per heavy atom. The summed E-state index contributed by atoms with van der Waals surface area (Å²) in [6.45, 7) is 10.8. The van der Waals surface area contributed by atoms with Crippen LogP contribution in [0.2, 0.25) is 0 Å². The summed E-state index contributed by atoms with van der Waals surface area (Å²) >= 11 is 1.57. The van der Waals surface area contributed by atoms with Crippen molar-refractivity contribution in [2.45, 2.75) is 77.1 Å². The largest absolute Gasteiger partial charge is 0.497 e. The van der Waals surface area contributed by atoms with Gasteiger partial charge in [0.2, 0.25) is 15.9 Å². The number of rotatable bonds is 17. The van der Waals surface area contributed by atoms with Crippen LogP contribution in [0.5, 0.6) is 5.75 Å². The number of benzene rings is 2. The standard InChI is InChI=1S/C35H49N5O6S2/c1-7-32-36-27(23-47-32)21-38-17-18-40(35(38)43)33(25(4)5)34(42)37-30(19-26-11-9-8-10-12-26)31(41)22-39(20-24(2)3)48(44,45)29-15-13-28(46-6)14-16-29/h8-16,23-25,30-31,33,41H,7,17-22H2,1-6H3,(H,37,42)/t30-,31+,33-/m0/s1. The summed E-state index contributed by atoms with van der Waals surface area (Å²) in [6.07, 6.45) is -0.156. The fraction of sp³-hybridized carbons (Fsp3) is 0.514. The lowest BCUT2D eigenvalue weighted by Gasteiger charge is -2.34. The van der Waals surface area contributed by atoms with E-state index in [9.17, 15) is 23.1 Å². The maximum atomic E-state index is 14.1. The maximum absolute atomic E-state index is 14.1. The van der Waals surface area contributed by atoms with Gasteiger partial charge in [-0.25, -0.2) is 18.2 Å². The van der Waals surface area contributed by atoms with Gasteiger partial charge in [-0.1, -0.05) is 65.0 Å². The number of aliphatic hydroxyl groups excluding tert-OH is 1. The van der Waals surface area contributed by atoms with Crippen molar-refractivity contribution in [2.75, 3.05) is 33.3 Å². The number of hydrogen-bond acceptors (Lipinski definition) is 8. The van der Waals surface area contributed by atoms with Crippen LogP contribution < -0.4 is 10.1 Å².